The third-order valence-electron chi connectivity index (χ3n) is 9.23. The molecule has 0 aromatic carbocycles. The molecule has 28 heavy (non-hydrogen) atoms. The molecule has 0 aromatic rings. The average molecular weight is 398 g/mol. The number of ether oxygens (including phenoxy) is 4. The molecule has 3 N–H and O–H groups in total. The zero-order valence-electron chi connectivity index (χ0n) is 16.3. The van der Waals surface area contributed by atoms with Gasteiger partial charge in [-0.3, -0.25) is 0 Å². The fraction of sp³-hybridized carbons (Fsp3) is 1.00. The highest BCUT2D eigenvalue weighted by Crippen LogP contribution is 2.85. The Kier molecular flexibility index (Phi) is 3.60. The zero-order valence-corrected chi connectivity index (χ0v) is 16.3. The van der Waals surface area contributed by atoms with E-state index in [9.17, 15) is 15.3 Å². The molecule has 2 aliphatic carbocycles. The van der Waals surface area contributed by atoms with Crippen molar-refractivity contribution in [2.24, 2.45) is 28.1 Å². The van der Waals surface area contributed by atoms with Crippen molar-refractivity contribution in [1.82, 2.24) is 0 Å². The molecule has 0 amide bonds. The summed E-state index contributed by atoms with van der Waals surface area (Å²) in [6, 6.07) is 0. The molecule has 160 valence electrons. The highest BCUT2D eigenvalue weighted by molar-refractivity contribution is 5.41. The van der Waals surface area contributed by atoms with Crippen LogP contribution < -0.4 is 0 Å². The predicted molar refractivity (Wildman–Crippen MR) is 98.1 cm³/mol. The van der Waals surface area contributed by atoms with Crippen molar-refractivity contribution in [1.29, 1.82) is 0 Å². The SMILES string of the molecule is C.C[C@@H]1COC2CC34C5C[C@@H](C(C)(C)C)C36[C@@H](OC[C@@H]6O)O[C@@]4(C(O)O5)[C@]21O. The number of aliphatic hydroxyl groups excluding tert-OH is 2. The van der Waals surface area contributed by atoms with Crippen LogP contribution in [0.2, 0.25) is 0 Å². The Balaban J connectivity index is 0.00000171. The first-order chi connectivity index (χ1) is 12.6. The minimum absolute atomic E-state index is 0. The zero-order chi connectivity index (χ0) is 19.2. The first kappa shape index (κ1) is 19.7. The number of rotatable bonds is 0. The quantitative estimate of drug-likeness (QED) is 0.561. The summed E-state index contributed by atoms with van der Waals surface area (Å²) in [5, 5.41) is 34.4. The third kappa shape index (κ3) is 1.49. The minimum Gasteiger partial charge on any atom is -0.390 e. The molecule has 11 atom stereocenters. The van der Waals surface area contributed by atoms with E-state index in [1.54, 1.807) is 0 Å². The van der Waals surface area contributed by atoms with E-state index in [1.807, 2.05) is 6.92 Å². The number of aliphatic hydroxyl groups is 3. The van der Waals surface area contributed by atoms with E-state index in [1.165, 1.54) is 0 Å². The van der Waals surface area contributed by atoms with Gasteiger partial charge in [-0.1, -0.05) is 35.1 Å². The molecule has 6 aliphatic rings. The van der Waals surface area contributed by atoms with Gasteiger partial charge in [0.1, 0.15) is 5.60 Å². The van der Waals surface area contributed by atoms with E-state index < -0.39 is 46.8 Å². The molecule has 7 nitrogen and oxygen atoms in total. The lowest BCUT2D eigenvalue weighted by atomic mass is 9.51. The number of hydrogen-bond acceptors (Lipinski definition) is 7. The monoisotopic (exact) mass is 398 g/mol. The Bertz CT molecular complexity index is 707. The predicted octanol–water partition coefficient (Wildman–Crippen LogP) is 1.03. The van der Waals surface area contributed by atoms with Gasteiger partial charge in [0.2, 0.25) is 0 Å². The van der Waals surface area contributed by atoms with E-state index >= 15 is 0 Å². The molecule has 4 saturated heterocycles. The van der Waals surface area contributed by atoms with E-state index in [-0.39, 0.29) is 37.4 Å². The maximum Gasteiger partial charge on any atom is 0.188 e. The van der Waals surface area contributed by atoms with Gasteiger partial charge < -0.3 is 34.3 Å². The Morgan fingerprint density at radius 2 is 1.75 bits per heavy atom. The molecule has 6 rings (SSSR count). The Hall–Kier alpha value is -0.280. The lowest BCUT2D eigenvalue weighted by molar-refractivity contribution is -0.296. The van der Waals surface area contributed by atoms with Crippen molar-refractivity contribution in [3.05, 3.63) is 0 Å². The molecule has 5 unspecified atom stereocenters. The van der Waals surface area contributed by atoms with Gasteiger partial charge in [0.15, 0.2) is 18.2 Å². The number of hydrogen-bond donors (Lipinski definition) is 3. The van der Waals surface area contributed by atoms with Gasteiger partial charge in [-0.05, 0) is 24.2 Å². The van der Waals surface area contributed by atoms with Gasteiger partial charge in [0, 0.05) is 11.3 Å². The minimum atomic E-state index is -1.37. The molecule has 4 heterocycles. The molecule has 0 radical (unpaired) electrons. The van der Waals surface area contributed by atoms with Crippen LogP contribution in [-0.2, 0) is 18.9 Å². The second-order valence-electron chi connectivity index (χ2n) is 10.8. The summed E-state index contributed by atoms with van der Waals surface area (Å²) < 4.78 is 24.7. The van der Waals surface area contributed by atoms with Crippen LogP contribution in [0.4, 0.5) is 0 Å². The molecular weight excluding hydrogens is 364 g/mol. The van der Waals surface area contributed by atoms with E-state index in [4.69, 9.17) is 18.9 Å². The van der Waals surface area contributed by atoms with Crippen molar-refractivity contribution in [3.63, 3.8) is 0 Å². The summed E-state index contributed by atoms with van der Waals surface area (Å²) in [5.41, 5.74) is -4.28. The van der Waals surface area contributed by atoms with E-state index in [0.29, 0.717) is 19.4 Å². The standard InChI is InChI=1S/C20H30O7.CH4/c1-9-7-24-13-6-17-12-5-10(16(2,3)4)18(17)11(21)8-25-15(18)27-20(17,14(22)26-12)19(9,13)23;/h9-15,21-23H,5-8H2,1-4H3;1H4/t9-,10+,11+,12?,13?,14?,15+,17?,18?,19-,20-;/m1./s1. The third-order valence-corrected chi connectivity index (χ3v) is 9.23. The topological polar surface area (TPSA) is 97.6 Å². The molecule has 2 spiro atoms. The molecule has 7 heteroatoms. The van der Waals surface area contributed by atoms with Gasteiger partial charge in [-0.15, -0.1) is 0 Å². The van der Waals surface area contributed by atoms with Crippen molar-refractivity contribution < 1.29 is 34.3 Å². The molecular formula is C21H34O7. The smallest absolute Gasteiger partial charge is 0.188 e. The highest BCUT2D eigenvalue weighted by Gasteiger charge is 2.97. The maximum absolute atomic E-state index is 12.0. The van der Waals surface area contributed by atoms with Crippen LogP contribution in [0.3, 0.4) is 0 Å². The van der Waals surface area contributed by atoms with Gasteiger partial charge in [-0.25, -0.2) is 0 Å². The Morgan fingerprint density at radius 3 is 2.43 bits per heavy atom. The van der Waals surface area contributed by atoms with Crippen LogP contribution >= 0.6 is 0 Å². The lowest BCUT2D eigenvalue weighted by Crippen LogP contribution is -2.67. The summed E-state index contributed by atoms with van der Waals surface area (Å²) in [4.78, 5) is 0. The Labute approximate surface area is 166 Å². The summed E-state index contributed by atoms with van der Waals surface area (Å²) in [5.74, 6) is -0.134. The Morgan fingerprint density at radius 1 is 1.04 bits per heavy atom. The maximum atomic E-state index is 12.0. The van der Waals surface area contributed by atoms with Crippen LogP contribution in [0, 0.1) is 28.1 Å². The summed E-state index contributed by atoms with van der Waals surface area (Å²) in [7, 11) is 0. The fourth-order valence-electron chi connectivity index (χ4n) is 8.51. The van der Waals surface area contributed by atoms with E-state index in [2.05, 4.69) is 20.8 Å². The highest BCUT2D eigenvalue weighted by atomic mass is 16.7. The normalized spacial score (nSPS) is 63.8. The van der Waals surface area contributed by atoms with Crippen LogP contribution in [0.25, 0.3) is 0 Å². The van der Waals surface area contributed by atoms with Crippen LogP contribution in [0.1, 0.15) is 48.0 Å². The first-order valence-electron chi connectivity index (χ1n) is 10.2. The molecule has 6 fully saturated rings. The largest absolute Gasteiger partial charge is 0.390 e. The van der Waals surface area contributed by atoms with Crippen molar-refractivity contribution in [2.75, 3.05) is 13.2 Å². The summed E-state index contributed by atoms with van der Waals surface area (Å²) in [6.07, 6.45) is -2.16. The van der Waals surface area contributed by atoms with Crippen LogP contribution in [-0.4, -0.2) is 70.6 Å². The molecule has 0 aromatic heterocycles. The van der Waals surface area contributed by atoms with E-state index in [0.717, 1.165) is 0 Å². The van der Waals surface area contributed by atoms with Crippen LogP contribution in [0.5, 0.6) is 0 Å². The molecule has 0 bridgehead atoms. The van der Waals surface area contributed by atoms with Gasteiger partial charge in [-0.2, -0.15) is 0 Å². The summed E-state index contributed by atoms with van der Waals surface area (Å²) >= 11 is 0. The summed E-state index contributed by atoms with van der Waals surface area (Å²) in [6.45, 7) is 9.08. The van der Waals surface area contributed by atoms with Crippen molar-refractivity contribution in [2.45, 2.75) is 90.1 Å². The molecule has 4 aliphatic heterocycles. The van der Waals surface area contributed by atoms with Gasteiger partial charge in [0.05, 0.1) is 36.9 Å². The average Bonchev–Trinajstić information content (AvgIpc) is 3.30. The fourth-order valence-corrected chi connectivity index (χ4v) is 8.51. The molecule has 2 saturated carbocycles. The lowest BCUT2D eigenvalue weighted by Gasteiger charge is -2.49. The second kappa shape index (κ2) is 5.13. The van der Waals surface area contributed by atoms with Crippen molar-refractivity contribution >= 4 is 0 Å². The van der Waals surface area contributed by atoms with Crippen molar-refractivity contribution in [3.8, 4) is 0 Å². The van der Waals surface area contributed by atoms with Crippen LogP contribution in [0.15, 0.2) is 0 Å². The first-order valence-corrected chi connectivity index (χ1v) is 10.2. The van der Waals surface area contributed by atoms with Gasteiger partial charge >= 0.3 is 0 Å². The van der Waals surface area contributed by atoms with Gasteiger partial charge in [0.25, 0.3) is 0 Å². The number of fused-ring (bicyclic) bond motifs is 1. The second-order valence-corrected chi connectivity index (χ2v) is 10.8.